The van der Waals surface area contributed by atoms with Crippen molar-refractivity contribution in [2.24, 2.45) is 0 Å². The number of carbonyl (C=O) groups is 1. The Kier molecular flexibility index (Phi) is 5.59. The lowest BCUT2D eigenvalue weighted by Crippen LogP contribution is -2.54. The van der Waals surface area contributed by atoms with E-state index in [-0.39, 0.29) is 6.61 Å². The molecule has 0 aromatic heterocycles. The van der Waals surface area contributed by atoms with Crippen molar-refractivity contribution in [3.63, 3.8) is 0 Å². The quantitative estimate of drug-likeness (QED) is 0.855. The number of hydrogen-bond acceptors (Lipinski definition) is 4. The van der Waals surface area contributed by atoms with Crippen LogP contribution >= 0.6 is 0 Å². The van der Waals surface area contributed by atoms with Gasteiger partial charge in [0.1, 0.15) is 19.1 Å². The molecule has 1 aromatic carbocycles. The van der Waals surface area contributed by atoms with E-state index in [4.69, 9.17) is 14.2 Å². The zero-order valence-electron chi connectivity index (χ0n) is 12.5. The summed E-state index contributed by atoms with van der Waals surface area (Å²) >= 11 is 0. The SMILES string of the molecule is CO[C@@H]1[CH][CH][C](C)[C@H](OC)N1C(=O)OCc1ccccc1. The van der Waals surface area contributed by atoms with Gasteiger partial charge in [-0.1, -0.05) is 37.3 Å². The maximum atomic E-state index is 12.4. The average Bonchev–Trinajstić information content (AvgIpc) is 2.53. The van der Waals surface area contributed by atoms with Crippen LogP contribution in [-0.4, -0.2) is 37.7 Å². The number of ether oxygens (including phenoxy) is 3. The van der Waals surface area contributed by atoms with Crippen LogP contribution in [0.4, 0.5) is 4.79 Å². The molecule has 5 nitrogen and oxygen atoms in total. The van der Waals surface area contributed by atoms with Crippen molar-refractivity contribution in [1.82, 2.24) is 4.90 Å². The third-order valence-corrected chi connectivity index (χ3v) is 3.32. The summed E-state index contributed by atoms with van der Waals surface area (Å²) in [6.45, 7) is 2.11. The number of nitrogens with zero attached hydrogens (tertiary/aromatic N) is 1. The molecule has 1 aliphatic rings. The highest BCUT2D eigenvalue weighted by molar-refractivity contribution is 5.69. The lowest BCUT2D eigenvalue weighted by Gasteiger charge is -2.41. The summed E-state index contributed by atoms with van der Waals surface area (Å²) in [4.78, 5) is 13.8. The van der Waals surface area contributed by atoms with Crippen molar-refractivity contribution in [3.8, 4) is 0 Å². The minimum absolute atomic E-state index is 0.214. The molecule has 1 aromatic rings. The van der Waals surface area contributed by atoms with Gasteiger partial charge in [-0.05, 0) is 12.0 Å². The molecule has 2 atom stereocenters. The Bertz CT molecular complexity index is 451. The molecule has 2 rings (SSSR count). The largest absolute Gasteiger partial charge is 0.444 e. The van der Waals surface area contributed by atoms with E-state index in [1.165, 1.54) is 4.90 Å². The predicted octanol–water partition coefficient (Wildman–Crippen LogP) is 2.59. The first-order chi connectivity index (χ1) is 10.2. The highest BCUT2D eigenvalue weighted by Crippen LogP contribution is 2.29. The molecule has 0 N–H and O–H groups in total. The van der Waals surface area contributed by atoms with Gasteiger partial charge >= 0.3 is 6.09 Å². The highest BCUT2D eigenvalue weighted by atomic mass is 16.6. The standard InChI is InChI=1S/C16H20NO4/c1-12-9-10-14(19-2)17(15(12)20-3)16(18)21-11-13-7-5-4-6-8-13/h4-10,14-15H,11H2,1-3H3/t14-,15+/m1/s1. The second-order valence-electron chi connectivity index (χ2n) is 4.76. The van der Waals surface area contributed by atoms with Gasteiger partial charge in [0.25, 0.3) is 0 Å². The fraction of sp³-hybridized carbons (Fsp3) is 0.375. The minimum Gasteiger partial charge on any atom is -0.444 e. The summed E-state index contributed by atoms with van der Waals surface area (Å²) in [7, 11) is 3.09. The number of amides is 1. The Balaban J connectivity index is 2.03. The van der Waals surface area contributed by atoms with Gasteiger partial charge < -0.3 is 14.2 Å². The summed E-state index contributed by atoms with van der Waals surface area (Å²) in [5.41, 5.74) is 0.932. The molecule has 0 unspecified atom stereocenters. The van der Waals surface area contributed by atoms with Gasteiger partial charge in [0.15, 0.2) is 0 Å². The molecular formula is C16H20NO4. The maximum Gasteiger partial charge on any atom is 0.414 e. The zero-order chi connectivity index (χ0) is 15.2. The molecular weight excluding hydrogens is 270 g/mol. The number of piperidine rings is 1. The molecule has 1 amide bonds. The smallest absolute Gasteiger partial charge is 0.414 e. The Morgan fingerprint density at radius 3 is 2.52 bits per heavy atom. The molecule has 0 saturated carbocycles. The minimum atomic E-state index is -0.498. The number of methoxy groups -OCH3 is 2. The molecule has 113 valence electrons. The van der Waals surface area contributed by atoms with Crippen LogP contribution < -0.4 is 0 Å². The van der Waals surface area contributed by atoms with Crippen molar-refractivity contribution in [1.29, 1.82) is 0 Å². The van der Waals surface area contributed by atoms with Gasteiger partial charge in [-0.2, -0.15) is 0 Å². The van der Waals surface area contributed by atoms with Crippen LogP contribution in [0.25, 0.3) is 0 Å². The van der Waals surface area contributed by atoms with Crippen LogP contribution in [0.3, 0.4) is 0 Å². The van der Waals surface area contributed by atoms with E-state index in [0.29, 0.717) is 0 Å². The lowest BCUT2D eigenvalue weighted by molar-refractivity contribution is -0.106. The van der Waals surface area contributed by atoms with Crippen molar-refractivity contribution in [2.45, 2.75) is 26.0 Å². The Labute approximate surface area is 125 Å². The summed E-state index contributed by atoms with van der Waals surface area (Å²) in [6, 6.07) is 9.53. The molecule has 21 heavy (non-hydrogen) atoms. The van der Waals surface area contributed by atoms with E-state index in [1.54, 1.807) is 20.6 Å². The van der Waals surface area contributed by atoms with Gasteiger partial charge in [0.2, 0.25) is 0 Å². The number of carbonyl (C=O) groups excluding carboxylic acids is 1. The van der Waals surface area contributed by atoms with Gasteiger partial charge in [-0.15, -0.1) is 0 Å². The Hall–Kier alpha value is -1.59. The number of benzene rings is 1. The summed E-state index contributed by atoms with van der Waals surface area (Å²) in [5, 5.41) is 0. The average molecular weight is 290 g/mol. The van der Waals surface area contributed by atoms with E-state index in [1.807, 2.05) is 43.7 Å². The van der Waals surface area contributed by atoms with Crippen LogP contribution in [0.1, 0.15) is 12.5 Å². The topological polar surface area (TPSA) is 48.0 Å². The third kappa shape index (κ3) is 3.74. The Morgan fingerprint density at radius 1 is 1.19 bits per heavy atom. The molecule has 5 heteroatoms. The Morgan fingerprint density at radius 2 is 1.90 bits per heavy atom. The van der Waals surface area contributed by atoms with E-state index in [9.17, 15) is 4.79 Å². The van der Waals surface area contributed by atoms with Crippen molar-refractivity contribution in [2.75, 3.05) is 14.2 Å². The molecule has 3 radical (unpaired) electrons. The van der Waals surface area contributed by atoms with E-state index >= 15 is 0 Å². The molecule has 0 bridgehead atoms. The number of hydrogen-bond donors (Lipinski definition) is 0. The van der Waals surface area contributed by atoms with Gasteiger partial charge in [0.05, 0.1) is 0 Å². The molecule has 1 fully saturated rings. The molecule has 0 spiro atoms. The predicted molar refractivity (Wildman–Crippen MR) is 77.6 cm³/mol. The molecule has 0 aliphatic carbocycles. The van der Waals surface area contributed by atoms with Gasteiger partial charge in [-0.25, -0.2) is 4.79 Å². The monoisotopic (exact) mass is 290 g/mol. The van der Waals surface area contributed by atoms with Gasteiger partial charge in [-0.3, -0.25) is 4.90 Å². The summed E-state index contributed by atoms with van der Waals surface area (Å²) < 4.78 is 16.0. The van der Waals surface area contributed by atoms with Crippen molar-refractivity contribution >= 4 is 6.09 Å². The van der Waals surface area contributed by atoms with Crippen molar-refractivity contribution < 1.29 is 19.0 Å². The molecule has 1 saturated heterocycles. The van der Waals surface area contributed by atoms with E-state index < -0.39 is 18.5 Å². The second kappa shape index (κ2) is 7.43. The summed E-state index contributed by atoms with van der Waals surface area (Å²) in [6.07, 6.45) is 2.24. The summed E-state index contributed by atoms with van der Waals surface area (Å²) in [5.74, 6) is 0.919. The van der Waals surface area contributed by atoms with Crippen LogP contribution in [0, 0.1) is 18.8 Å². The van der Waals surface area contributed by atoms with E-state index in [2.05, 4.69) is 0 Å². The fourth-order valence-electron chi connectivity index (χ4n) is 2.25. The highest BCUT2D eigenvalue weighted by Gasteiger charge is 2.40. The second-order valence-corrected chi connectivity index (χ2v) is 4.76. The first-order valence-electron chi connectivity index (χ1n) is 6.73. The van der Waals surface area contributed by atoms with Crippen LogP contribution in [-0.2, 0) is 20.8 Å². The first kappa shape index (κ1) is 15.8. The number of rotatable bonds is 4. The van der Waals surface area contributed by atoms with Crippen LogP contribution in [0.15, 0.2) is 30.3 Å². The lowest BCUT2D eigenvalue weighted by atomic mass is 9.97. The van der Waals surface area contributed by atoms with Crippen molar-refractivity contribution in [3.05, 3.63) is 54.7 Å². The fourth-order valence-corrected chi connectivity index (χ4v) is 2.25. The maximum absolute atomic E-state index is 12.4. The molecule has 1 aliphatic heterocycles. The number of likely N-dealkylation sites (tertiary alicyclic amines) is 1. The third-order valence-electron chi connectivity index (χ3n) is 3.32. The normalized spacial score (nSPS) is 23.1. The van der Waals surface area contributed by atoms with Crippen LogP contribution in [0.5, 0.6) is 0 Å². The van der Waals surface area contributed by atoms with E-state index in [0.717, 1.165) is 11.5 Å². The zero-order valence-corrected chi connectivity index (χ0v) is 12.5. The molecule has 1 heterocycles. The van der Waals surface area contributed by atoms with Crippen LogP contribution in [0.2, 0.25) is 0 Å². The first-order valence-corrected chi connectivity index (χ1v) is 6.73. The van der Waals surface area contributed by atoms with Gasteiger partial charge in [0, 0.05) is 26.6 Å².